The molecule has 1 heterocycles. The first-order valence-electron chi connectivity index (χ1n) is 5.61. The van der Waals surface area contributed by atoms with Gasteiger partial charge in [0.05, 0.1) is 6.54 Å². The summed E-state index contributed by atoms with van der Waals surface area (Å²) < 4.78 is 31.3. The van der Waals surface area contributed by atoms with Crippen molar-refractivity contribution in [2.45, 2.75) is 18.7 Å². The van der Waals surface area contributed by atoms with E-state index in [9.17, 15) is 18.0 Å². The molecule has 0 unspecified atom stereocenters. The highest BCUT2D eigenvalue weighted by molar-refractivity contribution is 7.89. The summed E-state index contributed by atoms with van der Waals surface area (Å²) in [4.78, 5) is 23.3. The van der Waals surface area contributed by atoms with Crippen LogP contribution >= 0.6 is 0 Å². The van der Waals surface area contributed by atoms with Crippen LogP contribution in [-0.4, -0.2) is 50.9 Å². The van der Waals surface area contributed by atoms with E-state index in [0.717, 1.165) is 0 Å². The molecule has 0 aliphatic heterocycles. The Labute approximate surface area is 116 Å². The molecular formula is C11H16N2O6S. The number of aryl methyl sites for hydroxylation is 2. The van der Waals surface area contributed by atoms with E-state index in [1.54, 1.807) is 0 Å². The highest BCUT2D eigenvalue weighted by atomic mass is 32.2. The van der Waals surface area contributed by atoms with E-state index in [4.69, 9.17) is 9.52 Å². The first-order valence-corrected chi connectivity index (χ1v) is 7.09. The number of amides is 1. The molecular weight excluding hydrogens is 288 g/mol. The van der Waals surface area contributed by atoms with E-state index in [-0.39, 0.29) is 11.5 Å². The number of rotatable bonds is 5. The molecule has 20 heavy (non-hydrogen) atoms. The monoisotopic (exact) mass is 304 g/mol. The van der Waals surface area contributed by atoms with Gasteiger partial charge in [0.25, 0.3) is 0 Å². The van der Waals surface area contributed by atoms with Crippen LogP contribution in [0.3, 0.4) is 0 Å². The smallest absolute Gasteiger partial charge is 0.340 e. The molecule has 0 aliphatic carbocycles. The van der Waals surface area contributed by atoms with Crippen molar-refractivity contribution in [1.82, 2.24) is 9.62 Å². The average molecular weight is 304 g/mol. The Hall–Kier alpha value is -1.87. The molecule has 0 saturated heterocycles. The summed E-state index contributed by atoms with van der Waals surface area (Å²) in [6, 6.07) is 0. The topological polar surface area (TPSA) is 117 Å². The van der Waals surface area contributed by atoms with E-state index in [1.165, 1.54) is 32.8 Å². The van der Waals surface area contributed by atoms with Crippen LogP contribution in [0.5, 0.6) is 0 Å². The Morgan fingerprint density at radius 2 is 1.80 bits per heavy atom. The van der Waals surface area contributed by atoms with Gasteiger partial charge in [0.2, 0.25) is 15.9 Å². The van der Waals surface area contributed by atoms with Crippen LogP contribution in [0.25, 0.3) is 0 Å². The van der Waals surface area contributed by atoms with Gasteiger partial charge in [0, 0.05) is 14.1 Å². The quantitative estimate of drug-likeness (QED) is 0.788. The standard InChI is InChI=1S/C11H16N2O6S/c1-6-9(11(15)16)10(7(2)19-6)20(17,18)12-5-8(14)13(3)4/h12H,5H2,1-4H3,(H,15,16). The van der Waals surface area contributed by atoms with E-state index in [1.807, 2.05) is 0 Å². The van der Waals surface area contributed by atoms with Crippen molar-refractivity contribution in [2.75, 3.05) is 20.6 Å². The molecule has 9 heteroatoms. The molecule has 1 rings (SSSR count). The third-order valence-electron chi connectivity index (χ3n) is 2.60. The Kier molecular flexibility index (Phi) is 4.56. The lowest BCUT2D eigenvalue weighted by atomic mass is 10.2. The maximum Gasteiger partial charge on any atom is 0.340 e. The second-order valence-corrected chi connectivity index (χ2v) is 6.04. The minimum Gasteiger partial charge on any atom is -0.478 e. The fourth-order valence-corrected chi connectivity index (χ4v) is 3.00. The minimum absolute atomic E-state index is 0.00527. The molecule has 1 aromatic rings. The van der Waals surface area contributed by atoms with Crippen molar-refractivity contribution in [1.29, 1.82) is 0 Å². The first-order chi connectivity index (χ1) is 9.08. The molecule has 0 fully saturated rings. The van der Waals surface area contributed by atoms with Crippen LogP contribution in [-0.2, 0) is 14.8 Å². The Morgan fingerprint density at radius 1 is 1.25 bits per heavy atom. The number of carbonyl (C=O) groups is 2. The van der Waals surface area contributed by atoms with Gasteiger partial charge < -0.3 is 14.4 Å². The summed E-state index contributed by atoms with van der Waals surface area (Å²) in [6.45, 7) is 2.25. The predicted molar refractivity (Wildman–Crippen MR) is 69.0 cm³/mol. The molecule has 0 aromatic carbocycles. The lowest BCUT2D eigenvalue weighted by Crippen LogP contribution is -2.36. The van der Waals surface area contributed by atoms with E-state index < -0.39 is 38.9 Å². The second-order valence-electron chi connectivity index (χ2n) is 4.34. The van der Waals surface area contributed by atoms with Gasteiger partial charge in [-0.3, -0.25) is 4.79 Å². The largest absolute Gasteiger partial charge is 0.478 e. The van der Waals surface area contributed by atoms with Crippen LogP contribution in [0.4, 0.5) is 0 Å². The van der Waals surface area contributed by atoms with E-state index in [2.05, 4.69) is 4.72 Å². The lowest BCUT2D eigenvalue weighted by molar-refractivity contribution is -0.127. The van der Waals surface area contributed by atoms with Crippen LogP contribution in [0.2, 0.25) is 0 Å². The molecule has 0 radical (unpaired) electrons. The molecule has 8 nitrogen and oxygen atoms in total. The maximum atomic E-state index is 12.1. The molecule has 1 aromatic heterocycles. The van der Waals surface area contributed by atoms with E-state index >= 15 is 0 Å². The number of carboxylic acids is 1. The van der Waals surface area contributed by atoms with Crippen molar-refractivity contribution in [3.8, 4) is 0 Å². The average Bonchev–Trinajstić information content (AvgIpc) is 2.61. The van der Waals surface area contributed by atoms with Crippen LogP contribution in [0.1, 0.15) is 21.9 Å². The fourth-order valence-electron chi connectivity index (χ4n) is 1.62. The minimum atomic E-state index is -4.15. The van der Waals surface area contributed by atoms with Gasteiger partial charge in [-0.05, 0) is 13.8 Å². The highest BCUT2D eigenvalue weighted by Crippen LogP contribution is 2.26. The summed E-state index contributed by atoms with van der Waals surface area (Å²) in [5, 5.41) is 9.06. The fraction of sp³-hybridized carbons (Fsp3) is 0.455. The number of likely N-dealkylation sites (N-methyl/N-ethyl adjacent to an activating group) is 1. The van der Waals surface area contributed by atoms with Gasteiger partial charge in [-0.1, -0.05) is 0 Å². The Morgan fingerprint density at radius 3 is 2.25 bits per heavy atom. The second kappa shape index (κ2) is 5.63. The molecule has 0 aliphatic rings. The number of carboxylic acid groups (broad SMARTS) is 1. The Balaban J connectivity index is 3.17. The SMILES string of the molecule is Cc1oc(C)c(S(=O)(=O)NCC(=O)N(C)C)c1C(=O)O. The number of sulfonamides is 1. The van der Waals surface area contributed by atoms with Crippen molar-refractivity contribution in [2.24, 2.45) is 0 Å². The number of hydrogen-bond acceptors (Lipinski definition) is 5. The summed E-state index contributed by atoms with van der Waals surface area (Å²) in [7, 11) is -1.19. The number of furan rings is 1. The first kappa shape index (κ1) is 16.2. The van der Waals surface area contributed by atoms with Crippen molar-refractivity contribution < 1.29 is 27.5 Å². The molecule has 0 atom stereocenters. The number of nitrogens with one attached hydrogen (secondary N) is 1. The zero-order chi connectivity index (χ0) is 15.7. The highest BCUT2D eigenvalue weighted by Gasteiger charge is 2.31. The van der Waals surface area contributed by atoms with Crippen LogP contribution < -0.4 is 4.72 Å². The maximum absolute atomic E-state index is 12.1. The van der Waals surface area contributed by atoms with Crippen LogP contribution in [0, 0.1) is 13.8 Å². The molecule has 0 spiro atoms. The molecule has 2 N–H and O–H groups in total. The Bertz CT molecular complexity index is 644. The molecule has 1 amide bonds. The zero-order valence-electron chi connectivity index (χ0n) is 11.6. The van der Waals surface area contributed by atoms with Crippen molar-refractivity contribution >= 4 is 21.9 Å². The van der Waals surface area contributed by atoms with Gasteiger partial charge >= 0.3 is 5.97 Å². The van der Waals surface area contributed by atoms with Gasteiger partial charge in [-0.25, -0.2) is 17.9 Å². The molecule has 0 saturated carbocycles. The third kappa shape index (κ3) is 3.17. The summed E-state index contributed by atoms with van der Waals surface area (Å²) in [6.07, 6.45) is 0. The van der Waals surface area contributed by atoms with Crippen molar-refractivity contribution in [3.63, 3.8) is 0 Å². The van der Waals surface area contributed by atoms with Gasteiger partial charge in [0.1, 0.15) is 22.0 Å². The summed E-state index contributed by atoms with van der Waals surface area (Å²) in [5.74, 6) is -1.90. The predicted octanol–water partition coefficient (Wildman–Crippen LogP) is -0.0389. The number of carbonyl (C=O) groups excluding carboxylic acids is 1. The number of aromatic carboxylic acids is 1. The van der Waals surface area contributed by atoms with Gasteiger partial charge in [-0.2, -0.15) is 0 Å². The lowest BCUT2D eigenvalue weighted by Gasteiger charge is -2.11. The summed E-state index contributed by atoms with van der Waals surface area (Å²) >= 11 is 0. The zero-order valence-corrected chi connectivity index (χ0v) is 12.4. The van der Waals surface area contributed by atoms with Gasteiger partial charge in [-0.15, -0.1) is 0 Å². The molecule has 0 bridgehead atoms. The number of nitrogens with zero attached hydrogens (tertiary/aromatic N) is 1. The van der Waals surface area contributed by atoms with Crippen LogP contribution in [0.15, 0.2) is 9.31 Å². The number of hydrogen-bond donors (Lipinski definition) is 2. The van der Waals surface area contributed by atoms with Gasteiger partial charge in [0.15, 0.2) is 0 Å². The third-order valence-corrected chi connectivity index (χ3v) is 4.15. The summed E-state index contributed by atoms with van der Waals surface area (Å²) in [5.41, 5.74) is -0.424. The van der Waals surface area contributed by atoms with Crippen molar-refractivity contribution in [3.05, 3.63) is 17.1 Å². The molecule has 112 valence electrons. The van der Waals surface area contributed by atoms with E-state index in [0.29, 0.717) is 0 Å². The normalized spacial score (nSPS) is 11.4.